The number of hydrogen-bond donors (Lipinski definition) is 1. The largest absolute Gasteiger partial charge is 0.335 e. The molecule has 0 aromatic heterocycles. The van der Waals surface area contributed by atoms with Gasteiger partial charge in [0.15, 0.2) is 0 Å². The summed E-state index contributed by atoms with van der Waals surface area (Å²) in [7, 11) is 0. The zero-order chi connectivity index (χ0) is 9.84. The molecule has 0 saturated carbocycles. The van der Waals surface area contributed by atoms with Crippen molar-refractivity contribution in [3.05, 3.63) is 12.7 Å². The van der Waals surface area contributed by atoms with Crippen molar-refractivity contribution in [2.45, 2.75) is 13.8 Å². The zero-order valence-electron chi connectivity index (χ0n) is 8.42. The van der Waals surface area contributed by atoms with Gasteiger partial charge in [0, 0.05) is 19.6 Å². The third-order valence-corrected chi connectivity index (χ3v) is 2.67. The van der Waals surface area contributed by atoms with Gasteiger partial charge in [-0.3, -0.25) is 0 Å². The Hall–Kier alpha value is -0.990. The van der Waals surface area contributed by atoms with E-state index in [1.165, 1.54) is 0 Å². The van der Waals surface area contributed by atoms with Gasteiger partial charge in [0.2, 0.25) is 0 Å². The quantitative estimate of drug-likeness (QED) is 0.644. The van der Waals surface area contributed by atoms with Crippen LogP contribution in [0.25, 0.3) is 0 Å². The van der Waals surface area contributed by atoms with Crippen LogP contribution in [0.15, 0.2) is 12.7 Å². The van der Waals surface area contributed by atoms with Crippen molar-refractivity contribution in [3.8, 4) is 0 Å². The maximum Gasteiger partial charge on any atom is 0.317 e. The van der Waals surface area contributed by atoms with Gasteiger partial charge in [0.05, 0.1) is 0 Å². The minimum absolute atomic E-state index is 0.0381. The van der Waals surface area contributed by atoms with E-state index in [1.807, 2.05) is 4.90 Å². The highest BCUT2D eigenvalue weighted by Crippen LogP contribution is 2.21. The second-order valence-electron chi connectivity index (χ2n) is 3.83. The Kier molecular flexibility index (Phi) is 3.34. The van der Waals surface area contributed by atoms with Crippen LogP contribution < -0.4 is 5.32 Å². The highest BCUT2D eigenvalue weighted by molar-refractivity contribution is 5.74. The first-order valence-corrected chi connectivity index (χ1v) is 4.78. The minimum atomic E-state index is 0.0381. The number of amides is 2. The summed E-state index contributed by atoms with van der Waals surface area (Å²) in [5.74, 6) is 1.24. The molecule has 1 aliphatic rings. The lowest BCUT2D eigenvalue weighted by Gasteiger charge is -2.15. The highest BCUT2D eigenvalue weighted by Gasteiger charge is 2.28. The molecule has 3 nitrogen and oxygen atoms in total. The van der Waals surface area contributed by atoms with Gasteiger partial charge in [-0.15, -0.1) is 6.58 Å². The second kappa shape index (κ2) is 4.30. The number of carbonyl (C=O) groups is 1. The molecular formula is C10H18N2O. The van der Waals surface area contributed by atoms with Gasteiger partial charge in [-0.25, -0.2) is 4.79 Å². The predicted octanol–water partition coefficient (Wildman–Crippen LogP) is 1.47. The third kappa shape index (κ3) is 2.47. The van der Waals surface area contributed by atoms with Gasteiger partial charge in [-0.2, -0.15) is 0 Å². The molecule has 2 amide bonds. The summed E-state index contributed by atoms with van der Waals surface area (Å²) in [4.78, 5) is 13.3. The number of carbonyl (C=O) groups excluding carboxylic acids is 1. The molecular weight excluding hydrogens is 164 g/mol. The molecule has 1 rings (SSSR count). The maximum absolute atomic E-state index is 11.5. The van der Waals surface area contributed by atoms with Gasteiger partial charge in [0.1, 0.15) is 0 Å². The molecule has 13 heavy (non-hydrogen) atoms. The Balaban J connectivity index is 2.37. The smallest absolute Gasteiger partial charge is 0.317 e. The van der Waals surface area contributed by atoms with Crippen LogP contribution in [0.2, 0.25) is 0 Å². The molecule has 0 spiro atoms. The molecule has 0 aromatic carbocycles. The van der Waals surface area contributed by atoms with Gasteiger partial charge in [-0.05, 0) is 11.8 Å². The van der Waals surface area contributed by atoms with Crippen LogP contribution in [0.1, 0.15) is 13.8 Å². The van der Waals surface area contributed by atoms with E-state index in [4.69, 9.17) is 0 Å². The van der Waals surface area contributed by atoms with Crippen molar-refractivity contribution in [2.24, 2.45) is 11.8 Å². The summed E-state index contributed by atoms with van der Waals surface area (Å²) in [6.45, 7) is 10.2. The first-order chi connectivity index (χ1) is 6.15. The van der Waals surface area contributed by atoms with Crippen LogP contribution in [-0.4, -0.2) is 30.6 Å². The van der Waals surface area contributed by atoms with E-state index >= 15 is 0 Å². The van der Waals surface area contributed by atoms with Crippen molar-refractivity contribution >= 4 is 6.03 Å². The second-order valence-corrected chi connectivity index (χ2v) is 3.83. The predicted molar refractivity (Wildman–Crippen MR) is 53.5 cm³/mol. The van der Waals surface area contributed by atoms with Crippen LogP contribution in [0.4, 0.5) is 4.79 Å². The Morgan fingerprint density at radius 2 is 2.08 bits per heavy atom. The van der Waals surface area contributed by atoms with E-state index in [9.17, 15) is 4.79 Å². The molecule has 1 heterocycles. The molecule has 0 aromatic rings. The fourth-order valence-corrected chi connectivity index (χ4v) is 1.57. The van der Waals surface area contributed by atoms with Gasteiger partial charge < -0.3 is 10.2 Å². The van der Waals surface area contributed by atoms with E-state index < -0.39 is 0 Å². The summed E-state index contributed by atoms with van der Waals surface area (Å²) >= 11 is 0. The molecule has 3 heteroatoms. The average Bonchev–Trinajstić information content (AvgIpc) is 2.43. The van der Waals surface area contributed by atoms with E-state index in [2.05, 4.69) is 25.7 Å². The fraction of sp³-hybridized carbons (Fsp3) is 0.700. The minimum Gasteiger partial charge on any atom is -0.335 e. The summed E-state index contributed by atoms with van der Waals surface area (Å²) in [6.07, 6.45) is 1.70. The number of hydrogen-bond acceptors (Lipinski definition) is 1. The molecule has 0 aliphatic carbocycles. The molecule has 0 radical (unpaired) electrons. The van der Waals surface area contributed by atoms with Crippen molar-refractivity contribution in [1.29, 1.82) is 0 Å². The molecule has 74 valence electrons. The van der Waals surface area contributed by atoms with Crippen LogP contribution in [0.5, 0.6) is 0 Å². The van der Waals surface area contributed by atoms with E-state index in [0.29, 0.717) is 18.4 Å². The summed E-state index contributed by atoms with van der Waals surface area (Å²) < 4.78 is 0. The van der Waals surface area contributed by atoms with E-state index in [0.717, 1.165) is 13.1 Å². The lowest BCUT2D eigenvalue weighted by Crippen LogP contribution is -2.38. The van der Waals surface area contributed by atoms with Crippen LogP contribution in [0, 0.1) is 11.8 Å². The Morgan fingerprint density at radius 1 is 1.54 bits per heavy atom. The Morgan fingerprint density at radius 3 is 2.54 bits per heavy atom. The number of rotatable bonds is 2. The van der Waals surface area contributed by atoms with Crippen LogP contribution in [-0.2, 0) is 0 Å². The molecule has 1 fully saturated rings. The molecule has 1 saturated heterocycles. The molecule has 1 aliphatic heterocycles. The highest BCUT2D eigenvalue weighted by atomic mass is 16.2. The molecule has 0 bridgehead atoms. The Labute approximate surface area is 79.8 Å². The summed E-state index contributed by atoms with van der Waals surface area (Å²) in [5, 5.41) is 2.78. The van der Waals surface area contributed by atoms with Crippen molar-refractivity contribution in [3.63, 3.8) is 0 Å². The standard InChI is InChI=1S/C10H18N2O/c1-4-5-11-10(13)12-6-8(2)9(3)7-12/h4,8-9H,1,5-7H2,2-3H3,(H,11,13). The van der Waals surface area contributed by atoms with Crippen LogP contribution in [0.3, 0.4) is 0 Å². The first-order valence-electron chi connectivity index (χ1n) is 4.78. The Bertz CT molecular complexity index is 193. The number of urea groups is 1. The van der Waals surface area contributed by atoms with E-state index in [1.54, 1.807) is 6.08 Å². The SMILES string of the molecule is C=CCNC(=O)N1CC(C)C(C)C1. The van der Waals surface area contributed by atoms with Crippen molar-refractivity contribution in [1.82, 2.24) is 10.2 Å². The summed E-state index contributed by atoms with van der Waals surface area (Å²) in [5.41, 5.74) is 0. The molecule has 2 unspecified atom stereocenters. The van der Waals surface area contributed by atoms with E-state index in [-0.39, 0.29) is 6.03 Å². The summed E-state index contributed by atoms with van der Waals surface area (Å²) in [6, 6.07) is 0.0381. The normalized spacial score (nSPS) is 27.4. The number of nitrogens with zero attached hydrogens (tertiary/aromatic N) is 1. The average molecular weight is 182 g/mol. The van der Waals surface area contributed by atoms with Crippen molar-refractivity contribution in [2.75, 3.05) is 19.6 Å². The molecule has 2 atom stereocenters. The first kappa shape index (κ1) is 10.1. The van der Waals surface area contributed by atoms with Gasteiger partial charge in [0.25, 0.3) is 0 Å². The van der Waals surface area contributed by atoms with Crippen LogP contribution >= 0.6 is 0 Å². The lowest BCUT2D eigenvalue weighted by molar-refractivity contribution is 0.208. The maximum atomic E-state index is 11.5. The van der Waals surface area contributed by atoms with Gasteiger partial charge >= 0.3 is 6.03 Å². The fourth-order valence-electron chi connectivity index (χ4n) is 1.57. The van der Waals surface area contributed by atoms with Gasteiger partial charge in [-0.1, -0.05) is 19.9 Å². The monoisotopic (exact) mass is 182 g/mol. The number of nitrogens with one attached hydrogen (secondary N) is 1. The third-order valence-electron chi connectivity index (χ3n) is 2.67. The topological polar surface area (TPSA) is 32.3 Å². The van der Waals surface area contributed by atoms with Crippen molar-refractivity contribution < 1.29 is 4.79 Å². The number of likely N-dealkylation sites (tertiary alicyclic amines) is 1. The molecule has 1 N–H and O–H groups in total. The zero-order valence-corrected chi connectivity index (χ0v) is 8.42. The lowest BCUT2D eigenvalue weighted by atomic mass is 10.0.